The van der Waals surface area contributed by atoms with E-state index in [1.807, 2.05) is 0 Å². The lowest BCUT2D eigenvalue weighted by molar-refractivity contribution is -0.873. The molecule has 0 aliphatic heterocycles. The van der Waals surface area contributed by atoms with Crippen molar-refractivity contribution < 1.29 is 28.0 Å². The molecule has 0 aromatic carbocycles. The van der Waals surface area contributed by atoms with Crippen molar-refractivity contribution in [1.82, 2.24) is 0 Å². The molecule has 0 heterocycles. The molecule has 0 rings (SSSR count). The highest BCUT2D eigenvalue weighted by Crippen LogP contribution is 2.02. The van der Waals surface area contributed by atoms with E-state index in [1.54, 1.807) is 0 Å². The molecule has 0 amide bonds. The Morgan fingerprint density at radius 2 is 2.38 bits per heavy atom. The van der Waals surface area contributed by atoms with Gasteiger partial charge in [-0.3, -0.25) is 4.79 Å². The number of likely N-dealkylation sites (N-methyl/N-ethyl adjacent to an activating group) is 1. The Morgan fingerprint density at radius 1 is 1.77 bits per heavy atom. The summed E-state index contributed by atoms with van der Waals surface area (Å²) in [5, 5.41) is 10.4. The standard InChI is InChI=1S/C8H15NO4/c1-9(2,3)5-7(13-6-10)4-8(11)12/h6-7H,4-5H2,1-3H3/t7-/m1/s1/i1D3. The normalized spacial score (nSPS) is 17.8. The van der Waals surface area contributed by atoms with E-state index in [4.69, 9.17) is 4.11 Å². The summed E-state index contributed by atoms with van der Waals surface area (Å²) >= 11 is 0. The second kappa shape index (κ2) is 4.81. The number of rotatable bonds is 6. The van der Waals surface area contributed by atoms with E-state index in [0.717, 1.165) is 0 Å². The van der Waals surface area contributed by atoms with Crippen molar-refractivity contribution in [3.63, 3.8) is 0 Å². The molecule has 0 spiro atoms. The van der Waals surface area contributed by atoms with Gasteiger partial charge in [-0.15, -0.1) is 0 Å². The average Bonchev–Trinajstić information content (AvgIpc) is 1.99. The average molecular weight is 192 g/mol. The largest absolute Gasteiger partial charge is 0.550 e. The second-order valence-electron chi connectivity index (χ2n) is 3.30. The highest BCUT2D eigenvalue weighted by Gasteiger charge is 2.19. The Morgan fingerprint density at radius 3 is 2.77 bits per heavy atom. The maximum Gasteiger partial charge on any atom is 0.293 e. The molecule has 0 aliphatic rings. The van der Waals surface area contributed by atoms with Gasteiger partial charge in [0.1, 0.15) is 6.54 Å². The molecule has 0 aromatic rings. The zero-order valence-corrected chi connectivity index (χ0v) is 7.65. The molecule has 0 bridgehead atoms. The first-order valence-electron chi connectivity index (χ1n) is 5.22. The van der Waals surface area contributed by atoms with Gasteiger partial charge in [-0.25, -0.2) is 0 Å². The van der Waals surface area contributed by atoms with Gasteiger partial charge in [-0.1, -0.05) is 0 Å². The van der Waals surface area contributed by atoms with Crippen LogP contribution in [0.25, 0.3) is 0 Å². The number of carbonyl (C=O) groups excluding carboxylic acids is 2. The van der Waals surface area contributed by atoms with Gasteiger partial charge >= 0.3 is 0 Å². The lowest BCUT2D eigenvalue weighted by Gasteiger charge is -2.28. The van der Waals surface area contributed by atoms with E-state index < -0.39 is 30.0 Å². The predicted octanol–water partition coefficient (Wildman–Crippen LogP) is -1.63. The number of hydrogen-bond donors (Lipinski definition) is 0. The van der Waals surface area contributed by atoms with Gasteiger partial charge in [0.05, 0.1) is 25.2 Å². The van der Waals surface area contributed by atoms with Crippen LogP contribution in [0, 0.1) is 0 Å². The Labute approximate surface area is 81.7 Å². The van der Waals surface area contributed by atoms with Crippen molar-refractivity contribution in [3.8, 4) is 0 Å². The smallest absolute Gasteiger partial charge is 0.293 e. The van der Waals surface area contributed by atoms with Crippen LogP contribution >= 0.6 is 0 Å². The van der Waals surface area contributed by atoms with E-state index in [9.17, 15) is 14.7 Å². The predicted molar refractivity (Wildman–Crippen MR) is 43.5 cm³/mol. The Bertz CT molecular complexity index is 264. The van der Waals surface area contributed by atoms with E-state index in [1.165, 1.54) is 14.1 Å². The van der Waals surface area contributed by atoms with E-state index in [0.29, 0.717) is 0 Å². The summed E-state index contributed by atoms with van der Waals surface area (Å²) in [6.07, 6.45) is -1.52. The minimum absolute atomic E-state index is 0.104. The van der Waals surface area contributed by atoms with Crippen molar-refractivity contribution in [2.75, 3.05) is 27.6 Å². The summed E-state index contributed by atoms with van der Waals surface area (Å²) in [5.41, 5.74) is 0. The molecule has 0 aromatic heterocycles. The first kappa shape index (κ1) is 7.32. The first-order chi connectivity index (χ1) is 7.10. The van der Waals surface area contributed by atoms with Crippen LogP contribution in [-0.4, -0.2) is 50.6 Å². The van der Waals surface area contributed by atoms with Gasteiger partial charge in [0.25, 0.3) is 6.47 Å². The molecule has 5 nitrogen and oxygen atoms in total. The summed E-state index contributed by atoms with van der Waals surface area (Å²) < 4.78 is 25.8. The fourth-order valence-electron chi connectivity index (χ4n) is 0.929. The minimum Gasteiger partial charge on any atom is -0.550 e. The number of quaternary nitrogens is 1. The number of ether oxygens (including phenoxy) is 1. The van der Waals surface area contributed by atoms with Crippen molar-refractivity contribution in [3.05, 3.63) is 0 Å². The van der Waals surface area contributed by atoms with Gasteiger partial charge in [0, 0.05) is 12.4 Å². The van der Waals surface area contributed by atoms with Crippen LogP contribution in [-0.2, 0) is 14.3 Å². The van der Waals surface area contributed by atoms with Crippen molar-refractivity contribution in [1.29, 1.82) is 0 Å². The summed E-state index contributed by atoms with van der Waals surface area (Å²) in [4.78, 5) is 20.5. The quantitative estimate of drug-likeness (QED) is 0.374. The summed E-state index contributed by atoms with van der Waals surface area (Å²) in [6, 6.07) is 0. The zero-order valence-electron chi connectivity index (χ0n) is 10.6. The van der Waals surface area contributed by atoms with Crippen molar-refractivity contribution >= 4 is 12.4 Å². The van der Waals surface area contributed by atoms with E-state index in [2.05, 4.69) is 4.74 Å². The molecule has 5 heteroatoms. The lowest BCUT2D eigenvalue weighted by Crippen LogP contribution is -2.44. The van der Waals surface area contributed by atoms with Crippen LogP contribution in [0.1, 0.15) is 10.5 Å². The molecular formula is C8H15NO4. The van der Waals surface area contributed by atoms with Gasteiger partial charge in [0.2, 0.25) is 0 Å². The van der Waals surface area contributed by atoms with E-state index >= 15 is 0 Å². The first-order valence-corrected chi connectivity index (χ1v) is 3.72. The molecule has 1 atom stereocenters. The third-order valence-corrected chi connectivity index (χ3v) is 1.30. The maximum atomic E-state index is 10.4. The third kappa shape index (κ3) is 7.27. The van der Waals surface area contributed by atoms with Crippen molar-refractivity contribution in [2.24, 2.45) is 0 Å². The number of carbonyl (C=O) groups is 2. The number of carboxylic acid groups (broad SMARTS) is 1. The SMILES string of the molecule is [2H]C([2H])([2H])[N+](C)(C)C[C@@H](CC(=O)[O-])OC=O. The highest BCUT2D eigenvalue weighted by atomic mass is 16.5. The van der Waals surface area contributed by atoms with Crippen molar-refractivity contribution in [2.45, 2.75) is 12.5 Å². The topological polar surface area (TPSA) is 66.4 Å². The number of carboxylic acids is 1. The van der Waals surface area contributed by atoms with Gasteiger partial charge in [0.15, 0.2) is 6.10 Å². The summed E-state index contributed by atoms with van der Waals surface area (Å²) in [7, 11) is 2.81. The number of nitrogens with zero attached hydrogens (tertiary/aromatic N) is 1. The van der Waals surface area contributed by atoms with Crippen LogP contribution < -0.4 is 5.11 Å². The molecule has 0 saturated heterocycles. The van der Waals surface area contributed by atoms with Gasteiger partial charge < -0.3 is 19.1 Å². The third-order valence-electron chi connectivity index (χ3n) is 1.30. The van der Waals surface area contributed by atoms with Gasteiger partial charge in [-0.05, 0) is 0 Å². The van der Waals surface area contributed by atoms with Crippen LogP contribution in [0.2, 0.25) is 0 Å². The molecule has 0 radical (unpaired) electrons. The molecule has 0 N–H and O–H groups in total. The van der Waals surface area contributed by atoms with Gasteiger partial charge in [-0.2, -0.15) is 0 Å². The minimum atomic E-state index is -2.31. The maximum absolute atomic E-state index is 10.4. The number of hydrogen-bond acceptors (Lipinski definition) is 4. The number of aliphatic carboxylic acids is 1. The summed E-state index contributed by atoms with van der Waals surface area (Å²) in [5.74, 6) is -1.39. The van der Waals surface area contributed by atoms with E-state index in [-0.39, 0.29) is 13.0 Å². The molecule has 0 aliphatic carbocycles. The fraction of sp³-hybridized carbons (Fsp3) is 0.750. The summed E-state index contributed by atoms with van der Waals surface area (Å²) in [6.45, 7) is -2.33. The lowest BCUT2D eigenvalue weighted by atomic mass is 10.2. The molecule has 0 fully saturated rings. The van der Waals surface area contributed by atoms with Crippen LogP contribution in [0.3, 0.4) is 0 Å². The Kier molecular flexibility index (Phi) is 2.71. The zero-order chi connectivity index (χ0) is 13.0. The van der Waals surface area contributed by atoms with Crippen LogP contribution in [0.5, 0.6) is 0 Å². The Balaban J connectivity index is 4.61. The molecule has 13 heavy (non-hydrogen) atoms. The Hall–Kier alpha value is -1.10. The van der Waals surface area contributed by atoms with Crippen LogP contribution in [0.15, 0.2) is 0 Å². The van der Waals surface area contributed by atoms with Crippen LogP contribution in [0.4, 0.5) is 0 Å². The fourth-order valence-corrected chi connectivity index (χ4v) is 0.929. The second-order valence-corrected chi connectivity index (χ2v) is 3.30. The molecule has 0 unspecified atom stereocenters. The highest BCUT2D eigenvalue weighted by molar-refractivity contribution is 5.65. The molecular weight excluding hydrogens is 174 g/mol. The molecule has 0 saturated carbocycles. The monoisotopic (exact) mass is 192 g/mol. The molecule has 76 valence electrons.